The van der Waals surface area contributed by atoms with Crippen molar-refractivity contribution in [3.8, 4) is 0 Å². The predicted octanol–water partition coefficient (Wildman–Crippen LogP) is 4.21. The molecule has 1 fully saturated rings. The molecule has 0 aromatic rings. The number of rotatable bonds is 4. The molecule has 0 bridgehead atoms. The summed E-state index contributed by atoms with van der Waals surface area (Å²) in [7, 11) is 0. The molecule has 3 unspecified atom stereocenters. The summed E-state index contributed by atoms with van der Waals surface area (Å²) in [4.78, 5) is 49.0. The van der Waals surface area contributed by atoms with Gasteiger partial charge < -0.3 is 4.74 Å². The van der Waals surface area contributed by atoms with Crippen molar-refractivity contribution in [3.63, 3.8) is 0 Å². The van der Waals surface area contributed by atoms with Gasteiger partial charge >= 0.3 is 5.97 Å². The number of carbonyl (C=O) groups is 4. The van der Waals surface area contributed by atoms with Gasteiger partial charge in [-0.15, -0.1) is 0 Å². The van der Waals surface area contributed by atoms with Gasteiger partial charge in [0, 0.05) is 25.2 Å². The van der Waals surface area contributed by atoms with Gasteiger partial charge in [-0.3, -0.25) is 19.3 Å². The number of hydrogen-bond donors (Lipinski definition) is 0. The third-order valence-corrected chi connectivity index (χ3v) is 5.91. The summed E-state index contributed by atoms with van der Waals surface area (Å²) in [5.74, 6) is -0.413. The SMILES string of the molecule is CC(=O)N1C(=O)SCC1C(=O)C=CCC1CCC(C)C=CCCC(C)=CC(=O)O1. The van der Waals surface area contributed by atoms with Crippen LogP contribution >= 0.6 is 11.8 Å². The molecule has 0 radical (unpaired) electrons. The number of ether oxygens (including phenoxy) is 1. The van der Waals surface area contributed by atoms with E-state index < -0.39 is 11.9 Å². The molecule has 0 aromatic heterocycles. The smallest absolute Gasteiger partial charge is 0.330 e. The Morgan fingerprint density at radius 2 is 2.07 bits per heavy atom. The first-order valence-electron chi connectivity index (χ1n) is 9.99. The molecule has 0 aliphatic carbocycles. The van der Waals surface area contributed by atoms with Crippen molar-refractivity contribution in [2.45, 2.75) is 65.0 Å². The number of esters is 1. The van der Waals surface area contributed by atoms with Crippen LogP contribution in [0.4, 0.5) is 4.79 Å². The maximum atomic E-state index is 12.4. The number of carbonyl (C=O) groups excluding carboxylic acids is 4. The molecule has 2 heterocycles. The molecule has 1 saturated heterocycles. The summed E-state index contributed by atoms with van der Waals surface area (Å²) in [5.41, 5.74) is 0.977. The predicted molar refractivity (Wildman–Crippen MR) is 113 cm³/mol. The number of cyclic esters (lactones) is 1. The highest BCUT2D eigenvalue weighted by atomic mass is 32.2. The molecule has 0 N–H and O–H groups in total. The third kappa shape index (κ3) is 7.31. The monoisotopic (exact) mass is 419 g/mol. The fraction of sp³-hybridized carbons (Fsp3) is 0.545. The van der Waals surface area contributed by atoms with Crippen LogP contribution in [-0.4, -0.2) is 45.7 Å². The molecule has 7 heteroatoms. The topological polar surface area (TPSA) is 80.8 Å². The van der Waals surface area contributed by atoms with E-state index in [0.29, 0.717) is 18.8 Å². The molecule has 2 aliphatic rings. The van der Waals surface area contributed by atoms with E-state index in [9.17, 15) is 19.2 Å². The molecule has 0 aromatic carbocycles. The standard InChI is InChI=1S/C22H29NO5S/c1-15-7-4-5-8-16(2)13-21(26)28-18(12-11-15)9-6-10-20(25)19-14-29-22(27)23(19)17(3)24/h4,6-7,10,13,15,18-19H,5,8-9,11-12,14H2,1-3H3. The molecule has 2 rings (SSSR count). The highest BCUT2D eigenvalue weighted by molar-refractivity contribution is 8.14. The Hall–Kier alpha value is -2.15. The Morgan fingerprint density at radius 3 is 2.79 bits per heavy atom. The number of thioether (sulfide) groups is 1. The molecule has 0 saturated carbocycles. The number of allylic oxidation sites excluding steroid dienone is 3. The molecule has 158 valence electrons. The minimum Gasteiger partial charge on any atom is -0.459 e. The quantitative estimate of drug-likeness (QED) is 0.386. The van der Waals surface area contributed by atoms with Crippen LogP contribution < -0.4 is 0 Å². The van der Waals surface area contributed by atoms with Gasteiger partial charge in [-0.25, -0.2) is 4.79 Å². The second kappa shape index (κ2) is 11.1. The number of ketones is 1. The number of imide groups is 1. The largest absolute Gasteiger partial charge is 0.459 e. The van der Waals surface area contributed by atoms with E-state index in [1.165, 1.54) is 19.1 Å². The second-order valence-electron chi connectivity index (χ2n) is 7.59. The van der Waals surface area contributed by atoms with Gasteiger partial charge in [-0.05, 0) is 44.6 Å². The number of hydrogen-bond acceptors (Lipinski definition) is 6. The Labute approximate surface area is 176 Å². The van der Waals surface area contributed by atoms with Gasteiger partial charge in [-0.2, -0.15) is 0 Å². The molecule has 6 nitrogen and oxygen atoms in total. The van der Waals surface area contributed by atoms with Crippen molar-refractivity contribution in [1.82, 2.24) is 4.90 Å². The highest BCUT2D eigenvalue weighted by Crippen LogP contribution is 2.25. The van der Waals surface area contributed by atoms with Crippen LogP contribution in [0.1, 0.15) is 52.9 Å². The number of nitrogens with zero attached hydrogens (tertiary/aromatic N) is 1. The van der Waals surface area contributed by atoms with Crippen LogP contribution in [0.3, 0.4) is 0 Å². The molecule has 3 atom stereocenters. The van der Waals surface area contributed by atoms with Crippen molar-refractivity contribution in [1.29, 1.82) is 0 Å². The molecule has 29 heavy (non-hydrogen) atoms. The molecular weight excluding hydrogens is 390 g/mol. The first-order valence-corrected chi connectivity index (χ1v) is 11.0. The summed E-state index contributed by atoms with van der Waals surface area (Å²) in [6.07, 6.45) is 12.3. The zero-order valence-electron chi connectivity index (χ0n) is 17.3. The van der Waals surface area contributed by atoms with Crippen LogP contribution in [0.2, 0.25) is 0 Å². The lowest BCUT2D eigenvalue weighted by atomic mass is 9.99. The van der Waals surface area contributed by atoms with Gasteiger partial charge in [0.15, 0.2) is 5.78 Å². The van der Waals surface area contributed by atoms with Crippen molar-refractivity contribution in [2.75, 3.05) is 5.75 Å². The summed E-state index contributed by atoms with van der Waals surface area (Å²) >= 11 is 0.975. The second-order valence-corrected chi connectivity index (χ2v) is 8.56. The Balaban J connectivity index is 2.00. The Morgan fingerprint density at radius 1 is 1.31 bits per heavy atom. The van der Waals surface area contributed by atoms with E-state index in [1.54, 1.807) is 6.08 Å². The lowest BCUT2D eigenvalue weighted by Crippen LogP contribution is -2.41. The van der Waals surface area contributed by atoms with E-state index in [2.05, 4.69) is 19.1 Å². The van der Waals surface area contributed by atoms with Crippen LogP contribution in [0.25, 0.3) is 0 Å². The van der Waals surface area contributed by atoms with Crippen molar-refractivity contribution >= 4 is 34.7 Å². The van der Waals surface area contributed by atoms with Gasteiger partial charge in [0.2, 0.25) is 5.91 Å². The molecular formula is C22H29NO5S. The number of amides is 2. The third-order valence-electron chi connectivity index (χ3n) is 4.98. The van der Waals surface area contributed by atoms with Crippen molar-refractivity contribution in [2.24, 2.45) is 5.92 Å². The van der Waals surface area contributed by atoms with E-state index in [4.69, 9.17) is 4.74 Å². The zero-order valence-corrected chi connectivity index (χ0v) is 18.1. The van der Waals surface area contributed by atoms with Crippen LogP contribution in [0.15, 0.2) is 36.0 Å². The Kier molecular flexibility index (Phi) is 8.89. The zero-order chi connectivity index (χ0) is 21.4. The van der Waals surface area contributed by atoms with E-state index in [-0.39, 0.29) is 28.8 Å². The average Bonchev–Trinajstić information content (AvgIpc) is 3.04. The van der Waals surface area contributed by atoms with Crippen LogP contribution in [0, 0.1) is 5.92 Å². The van der Waals surface area contributed by atoms with Gasteiger partial charge in [0.1, 0.15) is 12.1 Å². The van der Waals surface area contributed by atoms with E-state index >= 15 is 0 Å². The van der Waals surface area contributed by atoms with Crippen LogP contribution in [0.5, 0.6) is 0 Å². The summed E-state index contributed by atoms with van der Waals surface area (Å²) in [6.45, 7) is 5.33. The Bertz CT molecular complexity index is 739. The van der Waals surface area contributed by atoms with E-state index in [1.807, 2.05) is 6.92 Å². The molecule has 0 spiro atoms. The average molecular weight is 420 g/mol. The summed E-state index contributed by atoms with van der Waals surface area (Å²) in [5, 5.41) is -0.387. The molecule has 2 aliphatic heterocycles. The first-order chi connectivity index (χ1) is 13.8. The lowest BCUT2D eigenvalue weighted by Gasteiger charge is -2.19. The van der Waals surface area contributed by atoms with Crippen molar-refractivity contribution < 1.29 is 23.9 Å². The maximum Gasteiger partial charge on any atom is 0.330 e. The van der Waals surface area contributed by atoms with Crippen LogP contribution in [-0.2, 0) is 19.1 Å². The van der Waals surface area contributed by atoms with Gasteiger partial charge in [-0.1, -0.05) is 42.5 Å². The summed E-state index contributed by atoms with van der Waals surface area (Å²) in [6, 6.07) is -0.754. The minimum absolute atomic E-state index is 0.272. The lowest BCUT2D eigenvalue weighted by molar-refractivity contribution is -0.143. The van der Waals surface area contributed by atoms with Gasteiger partial charge in [0.05, 0.1) is 0 Å². The minimum atomic E-state index is -0.754. The maximum absolute atomic E-state index is 12.4. The normalized spacial score (nSPS) is 26.7. The molecule has 2 amide bonds. The summed E-state index contributed by atoms with van der Waals surface area (Å²) < 4.78 is 5.60. The van der Waals surface area contributed by atoms with Crippen molar-refractivity contribution in [3.05, 3.63) is 36.0 Å². The van der Waals surface area contributed by atoms with Gasteiger partial charge in [0.25, 0.3) is 5.24 Å². The fourth-order valence-corrected chi connectivity index (χ4v) is 4.32. The fourth-order valence-electron chi connectivity index (χ4n) is 3.31. The van der Waals surface area contributed by atoms with E-state index in [0.717, 1.165) is 41.5 Å². The highest BCUT2D eigenvalue weighted by Gasteiger charge is 2.38. The first kappa shape index (κ1) is 23.1.